The summed E-state index contributed by atoms with van der Waals surface area (Å²) in [6.45, 7) is 2.64. The molecule has 3 heterocycles. The molecular formula is C32H38Cl3N5O4S. The van der Waals surface area contributed by atoms with Gasteiger partial charge in [0.05, 0.1) is 22.5 Å². The number of sulfonamides is 1. The third-order valence-corrected chi connectivity index (χ3v) is 10.4. The number of benzene rings is 2. The lowest BCUT2D eigenvalue weighted by atomic mass is 9.83. The number of rotatable bonds is 10. The fourth-order valence-electron chi connectivity index (χ4n) is 6.57. The van der Waals surface area contributed by atoms with E-state index in [1.54, 1.807) is 29.2 Å². The van der Waals surface area contributed by atoms with E-state index in [1.807, 2.05) is 28.8 Å². The smallest absolute Gasteiger partial charge is 0.255 e. The van der Waals surface area contributed by atoms with Crippen molar-refractivity contribution in [2.45, 2.75) is 50.5 Å². The van der Waals surface area contributed by atoms with Crippen LogP contribution in [0.1, 0.15) is 54.6 Å². The van der Waals surface area contributed by atoms with Gasteiger partial charge in [-0.1, -0.05) is 41.2 Å². The van der Waals surface area contributed by atoms with Crippen LogP contribution in [-0.4, -0.2) is 79.1 Å². The van der Waals surface area contributed by atoms with Gasteiger partial charge in [0.2, 0.25) is 15.9 Å². The number of primary amides is 1. The topological polar surface area (TPSA) is 118 Å². The molecule has 2 amide bonds. The van der Waals surface area contributed by atoms with Crippen LogP contribution in [0.5, 0.6) is 0 Å². The monoisotopic (exact) mass is 693 g/mol. The van der Waals surface area contributed by atoms with Crippen molar-refractivity contribution < 1.29 is 18.0 Å². The Morgan fingerprint density at radius 3 is 2.16 bits per heavy atom. The van der Waals surface area contributed by atoms with Gasteiger partial charge in [0, 0.05) is 46.6 Å². The van der Waals surface area contributed by atoms with Crippen LogP contribution in [0, 0.1) is 0 Å². The van der Waals surface area contributed by atoms with E-state index < -0.39 is 15.6 Å². The Morgan fingerprint density at radius 1 is 0.911 bits per heavy atom. The lowest BCUT2D eigenvalue weighted by molar-refractivity contribution is -0.134. The van der Waals surface area contributed by atoms with Crippen LogP contribution in [-0.2, 0) is 21.2 Å². The molecule has 0 unspecified atom stereocenters. The Morgan fingerprint density at radius 2 is 1.56 bits per heavy atom. The minimum atomic E-state index is -3.38. The van der Waals surface area contributed by atoms with E-state index in [9.17, 15) is 18.0 Å². The predicted molar refractivity (Wildman–Crippen MR) is 180 cm³/mol. The fourth-order valence-corrected chi connectivity index (χ4v) is 7.71. The molecule has 0 radical (unpaired) electrons. The molecule has 0 saturated carbocycles. The van der Waals surface area contributed by atoms with Gasteiger partial charge in [0.1, 0.15) is 5.54 Å². The SMILES string of the molecule is CS(=O)(=O)NCCCc1c(C(=O)N2CCC(C(N)=O)(N3CCCCC3)CC2)cc(-c2ccc(Cl)cc2Cl)n1-c1ccc(Cl)cc1. The van der Waals surface area contributed by atoms with Gasteiger partial charge in [-0.25, -0.2) is 13.1 Å². The van der Waals surface area contributed by atoms with Gasteiger partial charge in [-0.15, -0.1) is 0 Å². The number of halogens is 3. The van der Waals surface area contributed by atoms with Crippen molar-refractivity contribution >= 4 is 56.6 Å². The number of nitrogens with zero attached hydrogens (tertiary/aromatic N) is 3. The van der Waals surface area contributed by atoms with E-state index in [0.29, 0.717) is 76.4 Å². The molecule has 2 fully saturated rings. The van der Waals surface area contributed by atoms with E-state index in [2.05, 4.69) is 9.62 Å². The molecule has 5 rings (SSSR count). The van der Waals surface area contributed by atoms with Gasteiger partial charge in [0.25, 0.3) is 5.91 Å². The quantitative estimate of drug-likeness (QED) is 0.271. The molecule has 2 aliphatic rings. The molecule has 2 aliphatic heterocycles. The molecule has 13 heteroatoms. The number of likely N-dealkylation sites (tertiary alicyclic amines) is 2. The summed E-state index contributed by atoms with van der Waals surface area (Å²) in [5, 5.41) is 1.47. The summed E-state index contributed by atoms with van der Waals surface area (Å²) in [6, 6.07) is 14.3. The second kappa shape index (κ2) is 14.0. The average Bonchev–Trinajstić information content (AvgIpc) is 3.38. The Hall–Kier alpha value is -2.60. The number of nitrogens with one attached hydrogen (secondary N) is 1. The van der Waals surface area contributed by atoms with Crippen molar-refractivity contribution in [3.05, 3.63) is 74.9 Å². The number of carbonyl (C=O) groups excluding carboxylic acids is 2. The number of carbonyl (C=O) groups is 2. The summed E-state index contributed by atoms with van der Waals surface area (Å²) in [5.74, 6) is -0.499. The second-order valence-electron chi connectivity index (χ2n) is 11.8. The molecule has 45 heavy (non-hydrogen) atoms. The number of aromatic nitrogens is 1. The average molecular weight is 695 g/mol. The summed E-state index contributed by atoms with van der Waals surface area (Å²) in [7, 11) is -3.38. The highest BCUT2D eigenvalue weighted by Crippen LogP contribution is 2.38. The van der Waals surface area contributed by atoms with Gasteiger partial charge >= 0.3 is 0 Å². The first kappa shape index (κ1) is 33.8. The minimum absolute atomic E-state index is 0.170. The Balaban J connectivity index is 1.55. The number of hydrogen-bond acceptors (Lipinski definition) is 5. The lowest BCUT2D eigenvalue weighted by Crippen LogP contribution is -2.63. The summed E-state index contributed by atoms with van der Waals surface area (Å²) in [6.07, 6.45) is 6.09. The maximum Gasteiger partial charge on any atom is 0.255 e. The summed E-state index contributed by atoms with van der Waals surface area (Å²) in [4.78, 5) is 31.2. The Labute approximate surface area is 279 Å². The van der Waals surface area contributed by atoms with Crippen LogP contribution < -0.4 is 10.5 Å². The van der Waals surface area contributed by atoms with Crippen LogP contribution in [0.4, 0.5) is 0 Å². The summed E-state index contributed by atoms with van der Waals surface area (Å²) in [5.41, 5.74) is 8.58. The zero-order valence-electron chi connectivity index (χ0n) is 25.2. The van der Waals surface area contributed by atoms with Crippen molar-refractivity contribution in [2.75, 3.05) is 39.0 Å². The molecule has 0 atom stereocenters. The molecule has 1 aromatic heterocycles. The standard InChI is InChI=1S/C32H38Cl3N5O4S/c1-45(43,44)37-15-5-6-28-26(30(41)38-18-13-32(14-19-38,31(36)42)39-16-3-2-4-17-39)21-29(25-12-9-23(34)20-27(25)35)40(28)24-10-7-22(33)8-11-24/h7-12,20-21,37H,2-6,13-19H2,1H3,(H2,36,42). The number of hydrogen-bond donors (Lipinski definition) is 2. The zero-order valence-corrected chi connectivity index (χ0v) is 28.3. The number of piperidine rings is 2. The first-order chi connectivity index (χ1) is 21.4. The summed E-state index contributed by atoms with van der Waals surface area (Å²) < 4.78 is 28.0. The molecule has 2 aromatic carbocycles. The third-order valence-electron chi connectivity index (χ3n) is 8.88. The van der Waals surface area contributed by atoms with Crippen LogP contribution in [0.2, 0.25) is 15.1 Å². The highest BCUT2D eigenvalue weighted by molar-refractivity contribution is 7.88. The third kappa shape index (κ3) is 7.53. The van der Waals surface area contributed by atoms with Crippen LogP contribution in [0.3, 0.4) is 0 Å². The second-order valence-corrected chi connectivity index (χ2v) is 14.9. The van der Waals surface area contributed by atoms with Gasteiger partial charge in [0.15, 0.2) is 0 Å². The maximum absolute atomic E-state index is 14.4. The molecule has 3 aromatic rings. The van der Waals surface area contributed by atoms with Gasteiger partial charge in [-0.2, -0.15) is 0 Å². The number of amides is 2. The first-order valence-corrected chi connectivity index (χ1v) is 18.2. The van der Waals surface area contributed by atoms with Gasteiger partial charge in [-0.3, -0.25) is 14.5 Å². The molecule has 9 nitrogen and oxygen atoms in total. The zero-order chi connectivity index (χ0) is 32.4. The van der Waals surface area contributed by atoms with Crippen molar-refractivity contribution in [3.8, 4) is 16.9 Å². The Kier molecular flexibility index (Phi) is 10.5. The number of nitrogens with two attached hydrogens (primary N) is 1. The molecule has 2 saturated heterocycles. The molecule has 0 bridgehead atoms. The van der Waals surface area contributed by atoms with Gasteiger partial charge < -0.3 is 15.2 Å². The van der Waals surface area contributed by atoms with E-state index in [-0.39, 0.29) is 18.4 Å². The van der Waals surface area contributed by atoms with Crippen molar-refractivity contribution in [2.24, 2.45) is 5.73 Å². The van der Waals surface area contributed by atoms with E-state index in [1.165, 1.54) is 0 Å². The highest BCUT2D eigenvalue weighted by Gasteiger charge is 2.46. The maximum atomic E-state index is 14.4. The Bertz CT molecular complexity index is 1660. The highest BCUT2D eigenvalue weighted by atomic mass is 35.5. The molecular weight excluding hydrogens is 657 g/mol. The normalized spacial score (nSPS) is 17.4. The first-order valence-electron chi connectivity index (χ1n) is 15.1. The van der Waals surface area contributed by atoms with E-state index in [4.69, 9.17) is 40.5 Å². The lowest BCUT2D eigenvalue weighted by Gasteiger charge is -2.48. The van der Waals surface area contributed by atoms with Crippen molar-refractivity contribution in [1.29, 1.82) is 0 Å². The minimum Gasteiger partial charge on any atom is -0.368 e. The van der Waals surface area contributed by atoms with E-state index >= 15 is 0 Å². The molecule has 242 valence electrons. The predicted octanol–water partition coefficient (Wildman–Crippen LogP) is 5.53. The fraction of sp³-hybridized carbons (Fsp3) is 0.438. The van der Waals surface area contributed by atoms with Crippen LogP contribution >= 0.6 is 34.8 Å². The molecule has 3 N–H and O–H groups in total. The van der Waals surface area contributed by atoms with Crippen LogP contribution in [0.15, 0.2) is 48.5 Å². The van der Waals surface area contributed by atoms with Crippen molar-refractivity contribution in [3.63, 3.8) is 0 Å². The van der Waals surface area contributed by atoms with Crippen LogP contribution in [0.25, 0.3) is 16.9 Å². The van der Waals surface area contributed by atoms with Gasteiger partial charge in [-0.05, 0) is 100 Å². The van der Waals surface area contributed by atoms with E-state index in [0.717, 1.165) is 44.3 Å². The summed E-state index contributed by atoms with van der Waals surface area (Å²) >= 11 is 19.2. The molecule has 0 aliphatic carbocycles. The van der Waals surface area contributed by atoms with Crippen molar-refractivity contribution in [1.82, 2.24) is 19.1 Å². The largest absolute Gasteiger partial charge is 0.368 e. The molecule has 0 spiro atoms.